The topological polar surface area (TPSA) is 24.5 Å². The summed E-state index contributed by atoms with van der Waals surface area (Å²) in [5.74, 6) is 0.943. The molecule has 1 N–H and O–H groups in total. The molecule has 0 aliphatic carbocycles. The Morgan fingerprint density at radius 2 is 1.67 bits per heavy atom. The van der Waals surface area contributed by atoms with E-state index < -0.39 is 0 Å². The summed E-state index contributed by atoms with van der Waals surface area (Å²) in [5.41, 5.74) is 0. The lowest BCUT2D eigenvalue weighted by Gasteiger charge is -2.21. The highest BCUT2D eigenvalue weighted by Gasteiger charge is 2.12. The van der Waals surface area contributed by atoms with Gasteiger partial charge in [0.25, 0.3) is 0 Å². The van der Waals surface area contributed by atoms with Crippen molar-refractivity contribution in [3.8, 4) is 0 Å². The van der Waals surface area contributed by atoms with Crippen LogP contribution in [0.2, 0.25) is 0 Å². The average molecular weight is 256 g/mol. The molecule has 1 heterocycles. The maximum Gasteiger partial charge on any atom is 0.0468 e. The highest BCUT2D eigenvalue weighted by Crippen LogP contribution is 2.20. The van der Waals surface area contributed by atoms with Gasteiger partial charge in [0.05, 0.1) is 0 Å². The summed E-state index contributed by atoms with van der Waals surface area (Å²) in [6.07, 6.45) is 9.32. The van der Waals surface area contributed by atoms with Crippen molar-refractivity contribution in [1.29, 1.82) is 0 Å². The van der Waals surface area contributed by atoms with Crippen molar-refractivity contribution in [2.24, 2.45) is 5.92 Å². The molecule has 0 unspecified atom stereocenters. The zero-order chi connectivity index (χ0) is 13.1. The quantitative estimate of drug-likeness (QED) is 0.608. The molecule has 0 aromatic rings. The largest absolute Gasteiger partial charge is 0.381 e. The summed E-state index contributed by atoms with van der Waals surface area (Å²) in [4.78, 5) is 2.26. The third kappa shape index (κ3) is 8.90. The number of hydrogen-bond donors (Lipinski definition) is 1. The fourth-order valence-electron chi connectivity index (χ4n) is 2.52. The molecule has 0 bridgehead atoms. The Labute approximate surface area is 113 Å². The Balaban J connectivity index is 1.75. The van der Waals surface area contributed by atoms with E-state index in [9.17, 15) is 0 Å². The SMILES string of the molecule is CN(C)CCCCNCCCCC1CCOCC1. The molecule has 108 valence electrons. The van der Waals surface area contributed by atoms with Gasteiger partial charge >= 0.3 is 0 Å². The lowest BCUT2D eigenvalue weighted by Crippen LogP contribution is -2.20. The van der Waals surface area contributed by atoms with E-state index >= 15 is 0 Å². The second kappa shape index (κ2) is 10.8. The summed E-state index contributed by atoms with van der Waals surface area (Å²) >= 11 is 0. The Bertz CT molecular complexity index is 179. The highest BCUT2D eigenvalue weighted by atomic mass is 16.5. The number of nitrogens with zero attached hydrogens (tertiary/aromatic N) is 1. The van der Waals surface area contributed by atoms with Crippen LogP contribution in [0.3, 0.4) is 0 Å². The van der Waals surface area contributed by atoms with E-state index in [0.717, 1.165) is 19.1 Å². The molecular weight excluding hydrogens is 224 g/mol. The van der Waals surface area contributed by atoms with Crippen molar-refractivity contribution in [2.45, 2.75) is 44.9 Å². The number of ether oxygens (including phenoxy) is 1. The predicted octanol–water partition coefficient (Wildman–Crippen LogP) is 2.51. The van der Waals surface area contributed by atoms with Gasteiger partial charge in [-0.2, -0.15) is 0 Å². The normalized spacial score (nSPS) is 17.5. The van der Waals surface area contributed by atoms with Gasteiger partial charge in [0.1, 0.15) is 0 Å². The molecule has 0 aromatic heterocycles. The molecule has 1 aliphatic rings. The minimum Gasteiger partial charge on any atom is -0.381 e. The molecule has 1 fully saturated rings. The molecule has 0 spiro atoms. The van der Waals surface area contributed by atoms with Gasteiger partial charge in [-0.25, -0.2) is 0 Å². The molecule has 18 heavy (non-hydrogen) atoms. The Kier molecular flexibility index (Phi) is 9.54. The number of rotatable bonds is 10. The predicted molar refractivity (Wildman–Crippen MR) is 78.1 cm³/mol. The first kappa shape index (κ1) is 15.9. The van der Waals surface area contributed by atoms with Gasteiger partial charge in [-0.05, 0) is 71.8 Å². The van der Waals surface area contributed by atoms with Crippen LogP contribution in [0.15, 0.2) is 0 Å². The lowest BCUT2D eigenvalue weighted by atomic mass is 9.94. The minimum atomic E-state index is 0.943. The molecule has 0 saturated carbocycles. The third-order valence-electron chi connectivity index (χ3n) is 3.77. The van der Waals surface area contributed by atoms with Crippen LogP contribution in [0.1, 0.15) is 44.9 Å². The van der Waals surface area contributed by atoms with Gasteiger partial charge in [0.15, 0.2) is 0 Å². The van der Waals surface area contributed by atoms with Gasteiger partial charge in [0.2, 0.25) is 0 Å². The van der Waals surface area contributed by atoms with Crippen LogP contribution in [-0.4, -0.2) is 51.8 Å². The first-order chi connectivity index (χ1) is 8.79. The Morgan fingerprint density at radius 3 is 2.33 bits per heavy atom. The zero-order valence-corrected chi connectivity index (χ0v) is 12.4. The van der Waals surface area contributed by atoms with Crippen LogP contribution in [0.4, 0.5) is 0 Å². The van der Waals surface area contributed by atoms with Crippen molar-refractivity contribution in [3.63, 3.8) is 0 Å². The Morgan fingerprint density at radius 1 is 1.00 bits per heavy atom. The van der Waals surface area contributed by atoms with E-state index in [2.05, 4.69) is 24.3 Å². The summed E-state index contributed by atoms with van der Waals surface area (Å²) in [7, 11) is 4.29. The number of hydrogen-bond acceptors (Lipinski definition) is 3. The number of nitrogens with one attached hydrogen (secondary N) is 1. The molecule has 1 rings (SSSR count). The molecule has 1 saturated heterocycles. The van der Waals surface area contributed by atoms with E-state index in [1.807, 2.05) is 0 Å². The summed E-state index contributed by atoms with van der Waals surface area (Å²) in [5, 5.41) is 3.55. The van der Waals surface area contributed by atoms with Crippen LogP contribution in [0.25, 0.3) is 0 Å². The van der Waals surface area contributed by atoms with Crippen LogP contribution in [0.5, 0.6) is 0 Å². The minimum absolute atomic E-state index is 0.943. The zero-order valence-electron chi connectivity index (χ0n) is 12.4. The van der Waals surface area contributed by atoms with Crippen LogP contribution >= 0.6 is 0 Å². The van der Waals surface area contributed by atoms with Crippen LogP contribution in [-0.2, 0) is 4.74 Å². The average Bonchev–Trinajstić information content (AvgIpc) is 2.37. The van der Waals surface area contributed by atoms with E-state index in [4.69, 9.17) is 4.74 Å². The summed E-state index contributed by atoms with van der Waals surface area (Å²) in [6.45, 7) is 5.59. The first-order valence-electron chi connectivity index (χ1n) is 7.72. The second-order valence-electron chi connectivity index (χ2n) is 5.81. The second-order valence-corrected chi connectivity index (χ2v) is 5.81. The van der Waals surface area contributed by atoms with Crippen molar-refractivity contribution in [2.75, 3.05) is 46.9 Å². The first-order valence-corrected chi connectivity index (χ1v) is 7.72. The van der Waals surface area contributed by atoms with Crippen molar-refractivity contribution < 1.29 is 4.74 Å². The van der Waals surface area contributed by atoms with Crippen molar-refractivity contribution >= 4 is 0 Å². The maximum atomic E-state index is 5.38. The van der Waals surface area contributed by atoms with Crippen LogP contribution in [0, 0.1) is 5.92 Å². The van der Waals surface area contributed by atoms with E-state index in [1.165, 1.54) is 64.6 Å². The van der Waals surface area contributed by atoms with Gasteiger partial charge < -0.3 is 15.0 Å². The van der Waals surface area contributed by atoms with Gasteiger partial charge in [-0.1, -0.05) is 12.8 Å². The highest BCUT2D eigenvalue weighted by molar-refractivity contribution is 4.63. The fraction of sp³-hybridized carbons (Fsp3) is 1.00. The van der Waals surface area contributed by atoms with Gasteiger partial charge in [0, 0.05) is 13.2 Å². The molecule has 0 aromatic carbocycles. The standard InChI is InChI=1S/C15H32N2O/c1-17(2)12-6-5-11-16-10-4-3-7-15-8-13-18-14-9-15/h15-16H,3-14H2,1-2H3. The van der Waals surface area contributed by atoms with E-state index in [0.29, 0.717) is 0 Å². The molecule has 0 atom stereocenters. The molecule has 0 amide bonds. The third-order valence-corrected chi connectivity index (χ3v) is 3.77. The van der Waals surface area contributed by atoms with E-state index in [-0.39, 0.29) is 0 Å². The molecule has 3 heteroatoms. The molecule has 0 radical (unpaired) electrons. The summed E-state index contributed by atoms with van der Waals surface area (Å²) in [6, 6.07) is 0. The van der Waals surface area contributed by atoms with Gasteiger partial charge in [-0.15, -0.1) is 0 Å². The van der Waals surface area contributed by atoms with Crippen molar-refractivity contribution in [1.82, 2.24) is 10.2 Å². The molecule has 1 aliphatic heterocycles. The Hall–Kier alpha value is -0.120. The van der Waals surface area contributed by atoms with Crippen molar-refractivity contribution in [3.05, 3.63) is 0 Å². The molecular formula is C15H32N2O. The monoisotopic (exact) mass is 256 g/mol. The van der Waals surface area contributed by atoms with E-state index in [1.54, 1.807) is 0 Å². The molecule has 3 nitrogen and oxygen atoms in total. The maximum absolute atomic E-state index is 5.38. The summed E-state index contributed by atoms with van der Waals surface area (Å²) < 4.78 is 5.38. The van der Waals surface area contributed by atoms with Gasteiger partial charge in [-0.3, -0.25) is 0 Å². The van der Waals surface area contributed by atoms with Crippen LogP contribution < -0.4 is 5.32 Å². The number of unbranched alkanes of at least 4 members (excludes halogenated alkanes) is 2. The smallest absolute Gasteiger partial charge is 0.0468 e. The lowest BCUT2D eigenvalue weighted by molar-refractivity contribution is 0.0632. The fourth-order valence-corrected chi connectivity index (χ4v) is 2.52.